The molecule has 1 fully saturated rings. The Morgan fingerprint density at radius 1 is 1.38 bits per heavy atom. The summed E-state index contributed by atoms with van der Waals surface area (Å²) < 4.78 is 0. The molecule has 2 heterocycles. The maximum atomic E-state index is 12.3. The van der Waals surface area contributed by atoms with E-state index >= 15 is 0 Å². The van der Waals surface area contributed by atoms with E-state index in [9.17, 15) is 4.79 Å². The zero-order chi connectivity index (χ0) is 16.9. The van der Waals surface area contributed by atoms with Gasteiger partial charge in [-0.05, 0) is 31.0 Å². The third kappa shape index (κ3) is 4.17. The molecular formula is C17H23N5OS. The lowest BCUT2D eigenvalue weighted by atomic mass is 10.1. The van der Waals surface area contributed by atoms with Crippen LogP contribution in [0.2, 0.25) is 0 Å². The maximum Gasteiger partial charge on any atom is 0.286 e. The van der Waals surface area contributed by atoms with Crippen LogP contribution in [0, 0.1) is 0 Å². The molecule has 0 spiro atoms. The second kappa shape index (κ2) is 7.83. The number of carbonyl (C=O) groups excluding carboxylic acids is 1. The van der Waals surface area contributed by atoms with Crippen molar-refractivity contribution in [1.29, 1.82) is 0 Å². The molecule has 1 aliphatic heterocycles. The Morgan fingerprint density at radius 2 is 2.17 bits per heavy atom. The number of rotatable bonds is 5. The lowest BCUT2D eigenvalue weighted by Crippen LogP contribution is -2.49. The highest BCUT2D eigenvalue weighted by atomic mass is 32.1. The molecule has 3 rings (SSSR count). The van der Waals surface area contributed by atoms with Crippen LogP contribution in [-0.4, -0.2) is 46.7 Å². The number of nitrogens with one attached hydrogen (secondary N) is 2. The summed E-state index contributed by atoms with van der Waals surface area (Å²) in [6.45, 7) is 8.02. The first-order valence-corrected chi connectivity index (χ1v) is 9.15. The van der Waals surface area contributed by atoms with Crippen LogP contribution in [0.5, 0.6) is 0 Å². The minimum atomic E-state index is -0.198. The van der Waals surface area contributed by atoms with Crippen molar-refractivity contribution in [1.82, 2.24) is 20.4 Å². The van der Waals surface area contributed by atoms with Crippen molar-refractivity contribution in [2.75, 3.05) is 25.0 Å². The number of hydrogen-bond donors (Lipinski definition) is 2. The number of piperazine rings is 1. The van der Waals surface area contributed by atoms with E-state index in [2.05, 4.69) is 39.6 Å². The molecule has 1 aromatic heterocycles. The third-order valence-corrected chi connectivity index (χ3v) is 5.17. The third-order valence-electron chi connectivity index (χ3n) is 4.26. The largest absolute Gasteiger partial charge is 0.320 e. The Bertz CT molecular complexity index is 685. The fraction of sp³-hybridized carbons (Fsp3) is 0.471. The smallest absolute Gasteiger partial charge is 0.286 e. The average molecular weight is 345 g/mol. The van der Waals surface area contributed by atoms with Gasteiger partial charge in [-0.1, -0.05) is 30.4 Å². The first-order chi connectivity index (χ1) is 11.7. The zero-order valence-corrected chi connectivity index (χ0v) is 14.9. The number of aryl methyl sites for hydroxylation is 1. The van der Waals surface area contributed by atoms with Crippen LogP contribution in [0.3, 0.4) is 0 Å². The van der Waals surface area contributed by atoms with E-state index in [1.807, 2.05) is 24.3 Å². The number of benzene rings is 1. The monoisotopic (exact) mass is 345 g/mol. The van der Waals surface area contributed by atoms with E-state index in [1.165, 1.54) is 16.9 Å². The standard InChI is InChI=1S/C17H23N5OS/c1-3-13-4-6-14(7-5-13)19-16(23)17-21-20-15(24-17)11-22-9-8-18-10-12(22)2/h4-7,12,18H,3,8-11H2,1-2H3,(H,19,23)/t12-/m1/s1. The van der Waals surface area contributed by atoms with Gasteiger partial charge in [0.15, 0.2) is 0 Å². The van der Waals surface area contributed by atoms with Gasteiger partial charge in [0.2, 0.25) is 5.01 Å². The van der Waals surface area contributed by atoms with Gasteiger partial charge in [-0.15, -0.1) is 10.2 Å². The molecule has 2 N–H and O–H groups in total. The van der Waals surface area contributed by atoms with Crippen molar-refractivity contribution in [2.24, 2.45) is 0 Å². The number of nitrogens with zero attached hydrogens (tertiary/aromatic N) is 3. The SMILES string of the molecule is CCc1ccc(NC(=O)c2nnc(CN3CCNC[C@H]3C)s2)cc1. The Labute approximate surface area is 146 Å². The lowest BCUT2D eigenvalue weighted by Gasteiger charge is -2.32. The Hall–Kier alpha value is -1.83. The molecule has 0 radical (unpaired) electrons. The number of anilines is 1. The molecule has 24 heavy (non-hydrogen) atoms. The summed E-state index contributed by atoms with van der Waals surface area (Å²) in [7, 11) is 0. The molecule has 128 valence electrons. The number of amides is 1. The summed E-state index contributed by atoms with van der Waals surface area (Å²) in [5.74, 6) is -0.198. The molecule has 1 amide bonds. The molecule has 0 aliphatic carbocycles. The van der Waals surface area contributed by atoms with Crippen LogP contribution in [-0.2, 0) is 13.0 Å². The maximum absolute atomic E-state index is 12.3. The van der Waals surface area contributed by atoms with Crippen LogP contribution in [0.25, 0.3) is 0 Å². The van der Waals surface area contributed by atoms with Crippen molar-refractivity contribution in [2.45, 2.75) is 32.9 Å². The fourth-order valence-corrected chi connectivity index (χ4v) is 3.47. The van der Waals surface area contributed by atoms with Crippen LogP contribution in [0.4, 0.5) is 5.69 Å². The second-order valence-electron chi connectivity index (χ2n) is 6.03. The van der Waals surface area contributed by atoms with Crippen molar-refractivity contribution >= 4 is 22.9 Å². The normalized spacial score (nSPS) is 18.5. The molecule has 2 aromatic rings. The molecule has 1 saturated heterocycles. The first-order valence-electron chi connectivity index (χ1n) is 8.33. The second-order valence-corrected chi connectivity index (χ2v) is 7.09. The Morgan fingerprint density at radius 3 is 2.88 bits per heavy atom. The van der Waals surface area contributed by atoms with Gasteiger partial charge in [0, 0.05) is 31.4 Å². The Balaban J connectivity index is 1.60. The van der Waals surface area contributed by atoms with Gasteiger partial charge < -0.3 is 10.6 Å². The Kier molecular flexibility index (Phi) is 5.55. The number of aromatic nitrogens is 2. The average Bonchev–Trinajstić information content (AvgIpc) is 3.06. The molecular weight excluding hydrogens is 322 g/mol. The summed E-state index contributed by atoms with van der Waals surface area (Å²) in [4.78, 5) is 14.7. The summed E-state index contributed by atoms with van der Waals surface area (Å²) in [6.07, 6.45) is 0.985. The highest BCUT2D eigenvalue weighted by Gasteiger charge is 2.20. The summed E-state index contributed by atoms with van der Waals surface area (Å²) >= 11 is 1.37. The molecule has 0 saturated carbocycles. The van der Waals surface area contributed by atoms with Crippen molar-refractivity contribution in [3.05, 3.63) is 39.8 Å². The van der Waals surface area contributed by atoms with Gasteiger partial charge >= 0.3 is 0 Å². The van der Waals surface area contributed by atoms with E-state index in [4.69, 9.17) is 0 Å². The van der Waals surface area contributed by atoms with Crippen LogP contribution < -0.4 is 10.6 Å². The predicted molar refractivity (Wildman–Crippen MR) is 96.4 cm³/mol. The molecule has 0 bridgehead atoms. The fourth-order valence-electron chi connectivity index (χ4n) is 2.71. The van der Waals surface area contributed by atoms with Gasteiger partial charge in [0.25, 0.3) is 5.91 Å². The van der Waals surface area contributed by atoms with E-state index in [0.717, 1.165) is 43.3 Å². The van der Waals surface area contributed by atoms with Crippen molar-refractivity contribution in [3.8, 4) is 0 Å². The van der Waals surface area contributed by atoms with E-state index in [1.54, 1.807) is 0 Å². The molecule has 6 nitrogen and oxygen atoms in total. The highest BCUT2D eigenvalue weighted by molar-refractivity contribution is 7.13. The van der Waals surface area contributed by atoms with Crippen molar-refractivity contribution < 1.29 is 4.79 Å². The quantitative estimate of drug-likeness (QED) is 0.869. The van der Waals surface area contributed by atoms with E-state index in [-0.39, 0.29) is 5.91 Å². The van der Waals surface area contributed by atoms with E-state index in [0.29, 0.717) is 11.0 Å². The van der Waals surface area contributed by atoms with Gasteiger partial charge in [-0.25, -0.2) is 0 Å². The first kappa shape index (κ1) is 17.0. The highest BCUT2D eigenvalue weighted by Crippen LogP contribution is 2.17. The number of hydrogen-bond acceptors (Lipinski definition) is 6. The number of carbonyl (C=O) groups is 1. The lowest BCUT2D eigenvalue weighted by molar-refractivity contribution is 0.102. The van der Waals surface area contributed by atoms with Gasteiger partial charge in [-0.3, -0.25) is 9.69 Å². The van der Waals surface area contributed by atoms with Crippen LogP contribution in [0.15, 0.2) is 24.3 Å². The van der Waals surface area contributed by atoms with Gasteiger partial charge in [0.1, 0.15) is 5.01 Å². The van der Waals surface area contributed by atoms with Crippen LogP contribution >= 0.6 is 11.3 Å². The zero-order valence-electron chi connectivity index (χ0n) is 14.1. The molecule has 1 aliphatic rings. The topological polar surface area (TPSA) is 70.2 Å². The summed E-state index contributed by atoms with van der Waals surface area (Å²) in [6, 6.07) is 8.35. The van der Waals surface area contributed by atoms with E-state index < -0.39 is 0 Å². The minimum Gasteiger partial charge on any atom is -0.320 e. The van der Waals surface area contributed by atoms with Gasteiger partial charge in [0.05, 0.1) is 6.54 Å². The minimum absolute atomic E-state index is 0.198. The van der Waals surface area contributed by atoms with Crippen LogP contribution in [0.1, 0.15) is 34.2 Å². The van der Waals surface area contributed by atoms with Crippen molar-refractivity contribution in [3.63, 3.8) is 0 Å². The molecule has 0 unspecified atom stereocenters. The molecule has 7 heteroatoms. The summed E-state index contributed by atoms with van der Waals surface area (Å²) in [5.41, 5.74) is 2.03. The molecule has 1 aromatic carbocycles. The summed E-state index contributed by atoms with van der Waals surface area (Å²) in [5, 5.41) is 15.8. The predicted octanol–water partition coefficient (Wildman–Crippen LogP) is 2.15. The molecule has 1 atom stereocenters. The van der Waals surface area contributed by atoms with Gasteiger partial charge in [-0.2, -0.15) is 0 Å².